The van der Waals surface area contributed by atoms with E-state index < -0.39 is 5.41 Å². The minimum absolute atomic E-state index is 0.455. The molecular weight excluding hydrogens is 619 g/mol. The number of para-hydroxylation sites is 2. The fourth-order valence-electron chi connectivity index (χ4n) is 8.90. The summed E-state index contributed by atoms with van der Waals surface area (Å²) in [5.74, 6) is 1.81. The molecular formula is C49H31NO. The maximum atomic E-state index is 6.81. The van der Waals surface area contributed by atoms with E-state index in [2.05, 4.69) is 193 Å². The number of nitrogens with zero attached hydrogens (tertiary/aromatic N) is 1. The molecule has 0 amide bonds. The van der Waals surface area contributed by atoms with E-state index in [1.807, 2.05) is 0 Å². The Morgan fingerprint density at radius 2 is 0.902 bits per heavy atom. The molecule has 0 saturated carbocycles. The van der Waals surface area contributed by atoms with Crippen LogP contribution in [0.25, 0.3) is 60.9 Å². The van der Waals surface area contributed by atoms with Crippen molar-refractivity contribution in [3.63, 3.8) is 0 Å². The van der Waals surface area contributed by atoms with E-state index in [0.29, 0.717) is 0 Å². The SMILES string of the molecule is c1ccc(-c2ccc(-n3c4ccccc4c4cc(-c5ccc6c(c5)Oc5ccccc5C65c6ccccc6-c6ccccc65)ccc43)cc2)cc1. The average Bonchev–Trinajstić information content (AvgIpc) is 3.69. The van der Waals surface area contributed by atoms with Gasteiger partial charge >= 0.3 is 0 Å². The van der Waals surface area contributed by atoms with E-state index in [0.717, 1.165) is 28.3 Å². The Hall–Kier alpha value is -6.64. The molecule has 51 heavy (non-hydrogen) atoms. The van der Waals surface area contributed by atoms with Gasteiger partial charge in [0.15, 0.2) is 0 Å². The summed E-state index contributed by atoms with van der Waals surface area (Å²) in [4.78, 5) is 0. The molecule has 11 rings (SSSR count). The summed E-state index contributed by atoms with van der Waals surface area (Å²) < 4.78 is 9.20. The van der Waals surface area contributed by atoms with Crippen LogP contribution in [0.5, 0.6) is 11.5 Å². The predicted octanol–water partition coefficient (Wildman–Crippen LogP) is 12.6. The van der Waals surface area contributed by atoms with Gasteiger partial charge in [-0.1, -0.05) is 146 Å². The summed E-state index contributed by atoms with van der Waals surface area (Å²) in [5.41, 5.74) is 15.4. The van der Waals surface area contributed by atoms with Gasteiger partial charge in [0, 0.05) is 27.6 Å². The molecule has 9 aromatic rings. The number of aromatic nitrogens is 1. The lowest BCUT2D eigenvalue weighted by atomic mass is 9.66. The largest absolute Gasteiger partial charge is 0.457 e. The minimum Gasteiger partial charge on any atom is -0.457 e. The Balaban J connectivity index is 1.07. The third kappa shape index (κ3) is 3.93. The minimum atomic E-state index is -0.455. The molecule has 8 aromatic carbocycles. The second-order valence-electron chi connectivity index (χ2n) is 13.6. The third-order valence-corrected chi connectivity index (χ3v) is 11.1. The summed E-state index contributed by atoms with van der Waals surface area (Å²) >= 11 is 0. The van der Waals surface area contributed by atoms with Gasteiger partial charge in [-0.15, -0.1) is 0 Å². The average molecular weight is 650 g/mol. The highest BCUT2D eigenvalue weighted by Crippen LogP contribution is 2.62. The molecule has 0 fully saturated rings. The normalized spacial score (nSPS) is 13.4. The topological polar surface area (TPSA) is 14.2 Å². The molecule has 0 radical (unpaired) electrons. The summed E-state index contributed by atoms with van der Waals surface area (Å²) in [6.07, 6.45) is 0. The van der Waals surface area contributed by atoms with Crippen LogP contribution in [0, 0.1) is 0 Å². The third-order valence-electron chi connectivity index (χ3n) is 11.1. The highest BCUT2D eigenvalue weighted by atomic mass is 16.5. The number of ether oxygens (including phenoxy) is 1. The lowest BCUT2D eigenvalue weighted by Crippen LogP contribution is -2.32. The molecule has 2 heterocycles. The number of rotatable bonds is 3. The Bertz CT molecular complexity index is 2780. The van der Waals surface area contributed by atoms with Gasteiger partial charge in [-0.05, 0) is 87.0 Å². The summed E-state index contributed by atoms with van der Waals surface area (Å²) in [6.45, 7) is 0. The smallest absolute Gasteiger partial charge is 0.132 e. The van der Waals surface area contributed by atoms with Crippen LogP contribution >= 0.6 is 0 Å². The zero-order valence-corrected chi connectivity index (χ0v) is 27.8. The highest BCUT2D eigenvalue weighted by molar-refractivity contribution is 6.10. The van der Waals surface area contributed by atoms with Crippen LogP contribution in [0.3, 0.4) is 0 Å². The molecule has 0 unspecified atom stereocenters. The van der Waals surface area contributed by atoms with E-state index in [9.17, 15) is 0 Å². The maximum absolute atomic E-state index is 6.81. The van der Waals surface area contributed by atoms with E-state index >= 15 is 0 Å². The van der Waals surface area contributed by atoms with Gasteiger partial charge in [0.25, 0.3) is 0 Å². The Morgan fingerprint density at radius 1 is 0.353 bits per heavy atom. The zero-order chi connectivity index (χ0) is 33.5. The molecule has 238 valence electrons. The summed E-state index contributed by atoms with van der Waals surface area (Å²) in [7, 11) is 0. The monoisotopic (exact) mass is 649 g/mol. The van der Waals surface area contributed by atoms with Crippen molar-refractivity contribution in [2.45, 2.75) is 5.41 Å². The van der Waals surface area contributed by atoms with Gasteiger partial charge < -0.3 is 9.30 Å². The van der Waals surface area contributed by atoms with Crippen molar-refractivity contribution in [1.82, 2.24) is 4.57 Å². The van der Waals surface area contributed by atoms with Crippen molar-refractivity contribution in [3.8, 4) is 50.6 Å². The zero-order valence-electron chi connectivity index (χ0n) is 27.8. The first-order chi connectivity index (χ1) is 25.3. The van der Waals surface area contributed by atoms with Crippen molar-refractivity contribution in [2.24, 2.45) is 0 Å². The van der Waals surface area contributed by atoms with Crippen molar-refractivity contribution in [1.29, 1.82) is 0 Å². The van der Waals surface area contributed by atoms with Gasteiger partial charge in [0.1, 0.15) is 11.5 Å². The Morgan fingerprint density at radius 3 is 1.69 bits per heavy atom. The molecule has 2 aliphatic rings. The quantitative estimate of drug-likeness (QED) is 0.186. The second kappa shape index (κ2) is 10.7. The fraction of sp³-hybridized carbons (Fsp3) is 0.0204. The molecule has 1 aliphatic carbocycles. The highest BCUT2D eigenvalue weighted by Gasteiger charge is 2.50. The number of fused-ring (bicyclic) bond motifs is 12. The van der Waals surface area contributed by atoms with Crippen LogP contribution in [0.15, 0.2) is 188 Å². The van der Waals surface area contributed by atoms with Crippen LogP contribution < -0.4 is 4.74 Å². The fourth-order valence-corrected chi connectivity index (χ4v) is 8.90. The molecule has 0 N–H and O–H groups in total. The first-order valence-electron chi connectivity index (χ1n) is 17.6. The van der Waals surface area contributed by atoms with E-state index in [1.165, 1.54) is 66.3 Å². The Labute approximate surface area is 296 Å². The van der Waals surface area contributed by atoms with E-state index in [4.69, 9.17) is 4.74 Å². The molecule has 2 heteroatoms. The first kappa shape index (κ1) is 28.2. The van der Waals surface area contributed by atoms with Gasteiger partial charge in [0.2, 0.25) is 0 Å². The van der Waals surface area contributed by atoms with E-state index in [1.54, 1.807) is 0 Å². The van der Waals surface area contributed by atoms with Crippen molar-refractivity contribution < 1.29 is 4.74 Å². The Kier molecular flexibility index (Phi) is 5.91. The summed E-state index contributed by atoms with van der Waals surface area (Å²) in [5, 5.41) is 2.47. The van der Waals surface area contributed by atoms with Crippen molar-refractivity contribution in [2.75, 3.05) is 0 Å². The summed E-state index contributed by atoms with van der Waals surface area (Å²) in [6, 6.07) is 68.2. The first-order valence-corrected chi connectivity index (χ1v) is 17.6. The molecule has 1 aromatic heterocycles. The number of hydrogen-bond acceptors (Lipinski definition) is 1. The van der Waals surface area contributed by atoms with Crippen LogP contribution in [-0.4, -0.2) is 4.57 Å². The van der Waals surface area contributed by atoms with Crippen LogP contribution in [0.4, 0.5) is 0 Å². The van der Waals surface area contributed by atoms with Gasteiger partial charge in [-0.25, -0.2) is 0 Å². The standard InChI is InChI=1S/C49H31NO/c1-2-12-32(13-3-1)33-22-26-36(27-23-33)50-45-20-10-6-16-39(45)40-30-34(25-29-46(40)50)35-24-28-44-48(31-35)51-47-21-11-9-19-43(47)49(44)41-17-7-4-14-37(41)38-15-5-8-18-42(38)49/h1-31H. The van der Waals surface area contributed by atoms with Crippen LogP contribution in [0.2, 0.25) is 0 Å². The van der Waals surface area contributed by atoms with Gasteiger partial charge in [-0.3, -0.25) is 0 Å². The molecule has 1 aliphatic heterocycles. The molecule has 0 atom stereocenters. The van der Waals surface area contributed by atoms with Crippen LogP contribution in [-0.2, 0) is 5.41 Å². The van der Waals surface area contributed by atoms with Crippen molar-refractivity contribution >= 4 is 21.8 Å². The number of benzene rings is 8. The van der Waals surface area contributed by atoms with Gasteiger partial charge in [0.05, 0.1) is 16.4 Å². The molecule has 2 nitrogen and oxygen atoms in total. The molecule has 0 saturated heterocycles. The molecule has 0 bridgehead atoms. The molecule has 1 spiro atoms. The maximum Gasteiger partial charge on any atom is 0.132 e. The lowest BCUT2D eigenvalue weighted by Gasteiger charge is -2.39. The van der Waals surface area contributed by atoms with E-state index in [-0.39, 0.29) is 0 Å². The second-order valence-corrected chi connectivity index (χ2v) is 13.6. The lowest BCUT2D eigenvalue weighted by molar-refractivity contribution is 0.436. The van der Waals surface area contributed by atoms with Gasteiger partial charge in [-0.2, -0.15) is 0 Å². The van der Waals surface area contributed by atoms with Crippen molar-refractivity contribution in [3.05, 3.63) is 210 Å². The number of hydrogen-bond donors (Lipinski definition) is 0. The predicted molar refractivity (Wildman–Crippen MR) is 209 cm³/mol. The van der Waals surface area contributed by atoms with Crippen LogP contribution in [0.1, 0.15) is 22.3 Å².